The first kappa shape index (κ1) is 20.1. The van der Waals surface area contributed by atoms with Crippen LogP contribution in [0.3, 0.4) is 0 Å². The quantitative estimate of drug-likeness (QED) is 0.405. The van der Waals surface area contributed by atoms with Gasteiger partial charge in [-0.15, -0.1) is 0 Å². The monoisotopic (exact) mass is 410 g/mol. The highest BCUT2D eigenvalue weighted by atomic mass is 32.2. The van der Waals surface area contributed by atoms with Crippen LogP contribution in [0.4, 0.5) is 13.2 Å². The largest absolute Gasteiger partial charge is 0.463 e. The standard InChI is InChI=1S/C19H17F3N2O3S/c1-12(15-8-9-16(27-15)17(25)26-2)28-18-23-10-14(13-6-4-3-5-7-13)24(18)11-19(20,21)22/h3-10,12H,11H2,1-2H3. The summed E-state index contributed by atoms with van der Waals surface area (Å²) in [7, 11) is 1.24. The molecule has 3 aromatic rings. The zero-order chi connectivity index (χ0) is 20.3. The average Bonchev–Trinajstić information content (AvgIpc) is 3.29. The van der Waals surface area contributed by atoms with Gasteiger partial charge >= 0.3 is 12.1 Å². The summed E-state index contributed by atoms with van der Waals surface area (Å²) >= 11 is 1.12. The summed E-state index contributed by atoms with van der Waals surface area (Å²) in [6.07, 6.45) is -2.97. The molecule has 0 saturated carbocycles. The topological polar surface area (TPSA) is 57.3 Å². The second-order valence-electron chi connectivity index (χ2n) is 5.95. The fourth-order valence-corrected chi connectivity index (χ4v) is 3.58. The molecule has 5 nitrogen and oxygen atoms in total. The second-order valence-corrected chi connectivity index (χ2v) is 7.25. The number of methoxy groups -OCH3 is 1. The molecule has 0 N–H and O–H groups in total. The minimum Gasteiger partial charge on any atom is -0.463 e. The third kappa shape index (κ3) is 4.59. The van der Waals surface area contributed by atoms with E-state index in [0.29, 0.717) is 17.0 Å². The van der Waals surface area contributed by atoms with Crippen LogP contribution in [0.2, 0.25) is 0 Å². The summed E-state index contributed by atoms with van der Waals surface area (Å²) in [5, 5.41) is -0.156. The van der Waals surface area contributed by atoms with Crippen molar-refractivity contribution >= 4 is 17.7 Å². The lowest BCUT2D eigenvalue weighted by molar-refractivity contribution is -0.141. The highest BCUT2D eigenvalue weighted by molar-refractivity contribution is 7.99. The van der Waals surface area contributed by atoms with Gasteiger partial charge < -0.3 is 13.7 Å². The Labute approximate surface area is 163 Å². The van der Waals surface area contributed by atoms with Crippen molar-refractivity contribution in [1.29, 1.82) is 0 Å². The zero-order valence-electron chi connectivity index (χ0n) is 15.1. The molecule has 3 rings (SSSR count). The Hall–Kier alpha value is -2.68. The van der Waals surface area contributed by atoms with Crippen molar-refractivity contribution in [3.8, 4) is 11.3 Å². The molecule has 9 heteroatoms. The average molecular weight is 410 g/mol. The normalized spacial score (nSPS) is 12.8. The van der Waals surface area contributed by atoms with Gasteiger partial charge in [0.25, 0.3) is 0 Å². The van der Waals surface area contributed by atoms with Crippen molar-refractivity contribution in [3.05, 3.63) is 60.2 Å². The van der Waals surface area contributed by atoms with E-state index in [1.807, 2.05) is 0 Å². The van der Waals surface area contributed by atoms with Crippen molar-refractivity contribution < 1.29 is 27.1 Å². The van der Waals surface area contributed by atoms with E-state index in [0.717, 1.165) is 16.3 Å². The highest BCUT2D eigenvalue weighted by Crippen LogP contribution is 2.38. The molecular weight excluding hydrogens is 393 g/mol. The first-order valence-corrected chi connectivity index (χ1v) is 9.19. The number of thioether (sulfide) groups is 1. The minimum atomic E-state index is -4.40. The molecule has 0 radical (unpaired) electrons. The van der Waals surface area contributed by atoms with E-state index in [1.165, 1.54) is 19.4 Å². The van der Waals surface area contributed by atoms with Crippen LogP contribution in [0, 0.1) is 0 Å². The predicted octanol–water partition coefficient (Wildman–Crippen LogP) is 5.35. The van der Waals surface area contributed by atoms with E-state index in [2.05, 4.69) is 9.72 Å². The van der Waals surface area contributed by atoms with Gasteiger partial charge in [-0.1, -0.05) is 42.1 Å². The Balaban J connectivity index is 1.90. The first-order valence-electron chi connectivity index (χ1n) is 8.31. The van der Waals surface area contributed by atoms with Crippen LogP contribution in [-0.4, -0.2) is 28.8 Å². The van der Waals surface area contributed by atoms with E-state index < -0.39 is 18.7 Å². The van der Waals surface area contributed by atoms with Crippen molar-refractivity contribution in [1.82, 2.24) is 9.55 Å². The number of rotatable bonds is 6. The van der Waals surface area contributed by atoms with Gasteiger partial charge in [-0.25, -0.2) is 9.78 Å². The van der Waals surface area contributed by atoms with E-state index in [9.17, 15) is 18.0 Å². The number of halogens is 3. The van der Waals surface area contributed by atoms with Gasteiger partial charge in [-0.05, 0) is 24.6 Å². The molecule has 0 aliphatic rings. The van der Waals surface area contributed by atoms with Crippen LogP contribution in [0.5, 0.6) is 0 Å². The summed E-state index contributed by atoms with van der Waals surface area (Å²) in [5.74, 6) is -0.143. The maximum absolute atomic E-state index is 13.2. The van der Waals surface area contributed by atoms with Gasteiger partial charge in [0.15, 0.2) is 5.16 Å². The molecule has 0 aliphatic carbocycles. The Morgan fingerprint density at radius 2 is 1.96 bits per heavy atom. The number of aromatic nitrogens is 2. The molecule has 0 bridgehead atoms. The molecule has 1 atom stereocenters. The molecule has 28 heavy (non-hydrogen) atoms. The lowest BCUT2D eigenvalue weighted by atomic mass is 10.2. The maximum atomic E-state index is 13.2. The number of carbonyl (C=O) groups excluding carboxylic acids is 1. The summed E-state index contributed by atoms with van der Waals surface area (Å²) < 4.78 is 50.7. The van der Waals surface area contributed by atoms with Gasteiger partial charge in [-0.3, -0.25) is 0 Å². The lowest BCUT2D eigenvalue weighted by Gasteiger charge is -2.15. The molecule has 0 aliphatic heterocycles. The number of hydrogen-bond acceptors (Lipinski definition) is 5. The lowest BCUT2D eigenvalue weighted by Crippen LogP contribution is -2.19. The molecule has 0 spiro atoms. The van der Waals surface area contributed by atoms with Crippen molar-refractivity contribution in [3.63, 3.8) is 0 Å². The van der Waals surface area contributed by atoms with Crippen LogP contribution in [0.25, 0.3) is 11.3 Å². The first-order chi connectivity index (χ1) is 13.3. The fraction of sp³-hybridized carbons (Fsp3) is 0.263. The fourth-order valence-electron chi connectivity index (χ4n) is 2.62. The smallest absolute Gasteiger partial charge is 0.406 e. The summed E-state index contributed by atoms with van der Waals surface area (Å²) in [5.41, 5.74) is 1.02. The van der Waals surface area contributed by atoms with Crippen molar-refractivity contribution in [2.75, 3.05) is 7.11 Å². The Morgan fingerprint density at radius 3 is 2.61 bits per heavy atom. The van der Waals surface area contributed by atoms with Crippen molar-refractivity contribution in [2.45, 2.75) is 30.1 Å². The Morgan fingerprint density at radius 1 is 1.25 bits per heavy atom. The van der Waals surface area contributed by atoms with E-state index in [1.54, 1.807) is 43.3 Å². The van der Waals surface area contributed by atoms with E-state index in [-0.39, 0.29) is 16.2 Å². The van der Waals surface area contributed by atoms with Gasteiger partial charge in [0.1, 0.15) is 12.3 Å². The molecular formula is C19H17F3N2O3S. The number of imidazole rings is 1. The van der Waals surface area contributed by atoms with Gasteiger partial charge in [0, 0.05) is 0 Å². The molecule has 1 unspecified atom stereocenters. The second kappa shape index (κ2) is 8.14. The summed E-state index contributed by atoms with van der Waals surface area (Å²) in [4.78, 5) is 15.7. The van der Waals surface area contributed by atoms with Crippen LogP contribution < -0.4 is 0 Å². The zero-order valence-corrected chi connectivity index (χ0v) is 15.9. The number of ether oxygens (including phenoxy) is 1. The number of hydrogen-bond donors (Lipinski definition) is 0. The van der Waals surface area contributed by atoms with Crippen LogP contribution in [-0.2, 0) is 11.3 Å². The Bertz CT molecular complexity index is 951. The van der Waals surface area contributed by atoms with Gasteiger partial charge in [0.05, 0.1) is 24.3 Å². The molecule has 2 heterocycles. The van der Waals surface area contributed by atoms with Gasteiger partial charge in [0.2, 0.25) is 5.76 Å². The molecule has 0 fully saturated rings. The number of carbonyl (C=O) groups is 1. The SMILES string of the molecule is COC(=O)c1ccc(C(C)Sc2ncc(-c3ccccc3)n2CC(F)(F)F)o1. The number of nitrogens with zero attached hydrogens (tertiary/aromatic N) is 2. The summed E-state index contributed by atoms with van der Waals surface area (Å²) in [6, 6.07) is 11.8. The molecule has 0 saturated heterocycles. The maximum Gasteiger partial charge on any atom is 0.406 e. The third-order valence-electron chi connectivity index (χ3n) is 3.92. The predicted molar refractivity (Wildman–Crippen MR) is 98.0 cm³/mol. The molecule has 148 valence electrons. The third-order valence-corrected chi connectivity index (χ3v) is 5.04. The molecule has 0 amide bonds. The number of esters is 1. The minimum absolute atomic E-state index is 0.0357. The molecule has 2 aromatic heterocycles. The van der Waals surface area contributed by atoms with Crippen LogP contribution in [0.15, 0.2) is 58.2 Å². The number of alkyl halides is 3. The highest BCUT2D eigenvalue weighted by Gasteiger charge is 2.31. The van der Waals surface area contributed by atoms with Crippen LogP contribution in [0.1, 0.15) is 28.5 Å². The Kier molecular flexibility index (Phi) is 5.83. The number of furan rings is 1. The van der Waals surface area contributed by atoms with Crippen molar-refractivity contribution in [2.24, 2.45) is 0 Å². The van der Waals surface area contributed by atoms with Gasteiger partial charge in [-0.2, -0.15) is 13.2 Å². The molecule has 1 aromatic carbocycles. The van der Waals surface area contributed by atoms with E-state index in [4.69, 9.17) is 4.42 Å². The summed E-state index contributed by atoms with van der Waals surface area (Å²) in [6.45, 7) is 0.608. The van der Waals surface area contributed by atoms with Crippen LogP contribution >= 0.6 is 11.8 Å². The van der Waals surface area contributed by atoms with E-state index >= 15 is 0 Å². The number of benzene rings is 1.